The normalized spacial score (nSPS) is 18.2. The van der Waals surface area contributed by atoms with E-state index in [1.165, 1.54) is 12.3 Å². The van der Waals surface area contributed by atoms with Crippen LogP contribution in [0.25, 0.3) is 0 Å². The van der Waals surface area contributed by atoms with Gasteiger partial charge in [-0.2, -0.15) is 9.03 Å². The van der Waals surface area contributed by atoms with Gasteiger partial charge in [0.25, 0.3) is 10.0 Å². The molecule has 0 bridgehead atoms. The Balaban J connectivity index is 1.21. The number of primary amides is 1. The number of pyridine rings is 1. The van der Waals surface area contributed by atoms with Crippen LogP contribution in [0.1, 0.15) is 57.8 Å². The number of hydrogen-bond donors (Lipinski definition) is 3. The molecule has 2 aromatic rings. The molecule has 1 atom stereocenters. The summed E-state index contributed by atoms with van der Waals surface area (Å²) in [7, 11) is -7.73. The van der Waals surface area contributed by atoms with Gasteiger partial charge in [0, 0.05) is 43.3 Å². The molecule has 1 unspecified atom stereocenters. The number of carboxylic acid groups (broad SMARTS) is 1. The van der Waals surface area contributed by atoms with Gasteiger partial charge < -0.3 is 15.7 Å². The molecular formula is C27H36Br2ClN5O7S3. The Morgan fingerprint density at radius 1 is 1.04 bits per heavy atom. The first kappa shape index (κ1) is 36.5. The quantitative estimate of drug-likeness (QED) is 0.241. The molecule has 0 saturated carbocycles. The lowest BCUT2D eigenvalue weighted by atomic mass is 9.87. The fraction of sp³-hybridized carbons (Fsp3) is 0.593. The van der Waals surface area contributed by atoms with E-state index in [0.717, 1.165) is 69.4 Å². The number of nitrogens with two attached hydrogens (primary N) is 1. The largest absolute Gasteiger partial charge is 0.480 e. The SMILES string of the molecule is NC(=O)CCC(NS(=O)(=O)c1cnc(N2CCC(CCCC3CCN(S(=O)(=O)c4cc(Br)c(Cl)s4)CC3)CC2)c(Br)c1)C(=O)O. The van der Waals surface area contributed by atoms with Gasteiger partial charge in [-0.1, -0.05) is 30.9 Å². The summed E-state index contributed by atoms with van der Waals surface area (Å²) in [5.74, 6) is -0.431. The predicted molar refractivity (Wildman–Crippen MR) is 179 cm³/mol. The number of amides is 1. The van der Waals surface area contributed by atoms with E-state index < -0.39 is 38.0 Å². The lowest BCUT2D eigenvalue weighted by molar-refractivity contribution is -0.139. The minimum Gasteiger partial charge on any atom is -0.480 e. The second-order valence-electron chi connectivity index (χ2n) is 11.4. The third-order valence-corrected chi connectivity index (χ3v) is 15.2. The van der Waals surface area contributed by atoms with Gasteiger partial charge in [-0.25, -0.2) is 21.8 Å². The average Bonchev–Trinajstić information content (AvgIpc) is 3.34. The third kappa shape index (κ3) is 9.61. The lowest BCUT2D eigenvalue weighted by Crippen LogP contribution is -2.41. The summed E-state index contributed by atoms with van der Waals surface area (Å²) in [5, 5.41) is 9.35. The number of sulfonamides is 2. The molecule has 0 radical (unpaired) electrons. The standard InChI is InChI=1S/C27H36Br2ClN5O7S3/c28-20-15-24(43-25(20)30)45(41,42)35-12-8-18(9-13-35)3-1-2-17-6-10-34(11-7-17)26-21(29)14-19(16-32-26)44(39,40)33-22(27(37)38)4-5-23(31)36/h14-18,22,33H,1-13H2,(H2,31,36)(H,37,38). The molecule has 2 aliphatic rings. The van der Waals surface area contributed by atoms with Gasteiger partial charge in [-0.05, 0) is 87.9 Å². The van der Waals surface area contributed by atoms with E-state index in [1.54, 1.807) is 10.4 Å². The van der Waals surface area contributed by atoms with Crippen LogP contribution >= 0.6 is 54.8 Å². The number of halogens is 3. The number of rotatable bonds is 14. The first-order valence-corrected chi connectivity index (χ1v) is 20.3. The molecule has 12 nitrogen and oxygen atoms in total. The van der Waals surface area contributed by atoms with E-state index in [-0.39, 0.29) is 21.9 Å². The number of thiophene rings is 1. The molecule has 4 heterocycles. The number of nitrogens with one attached hydrogen (secondary N) is 1. The highest BCUT2D eigenvalue weighted by molar-refractivity contribution is 9.11. The number of nitrogens with zero attached hydrogens (tertiary/aromatic N) is 3. The molecular weight excluding hydrogens is 798 g/mol. The molecule has 4 rings (SSSR count). The fourth-order valence-corrected chi connectivity index (χ4v) is 11.6. The van der Waals surface area contributed by atoms with Crippen molar-refractivity contribution in [3.8, 4) is 0 Å². The highest BCUT2D eigenvalue weighted by Gasteiger charge is 2.32. The Hall–Kier alpha value is -1.34. The van der Waals surface area contributed by atoms with Crippen molar-refractivity contribution < 1.29 is 31.5 Å². The molecule has 2 saturated heterocycles. The van der Waals surface area contributed by atoms with Gasteiger partial charge in [0.05, 0.1) is 4.47 Å². The van der Waals surface area contributed by atoms with Crippen molar-refractivity contribution in [1.29, 1.82) is 0 Å². The van der Waals surface area contributed by atoms with Crippen molar-refractivity contribution in [1.82, 2.24) is 14.0 Å². The summed E-state index contributed by atoms with van der Waals surface area (Å²) >= 11 is 13.8. The van der Waals surface area contributed by atoms with Crippen LogP contribution in [0.4, 0.5) is 5.82 Å². The summed E-state index contributed by atoms with van der Waals surface area (Å²) < 4.78 is 57.1. The first-order valence-electron chi connectivity index (χ1n) is 14.6. The Bertz CT molecular complexity index is 1570. The number of hydrogen-bond acceptors (Lipinski definition) is 9. The number of anilines is 1. The van der Waals surface area contributed by atoms with Crippen molar-refractivity contribution in [2.24, 2.45) is 17.6 Å². The number of carbonyl (C=O) groups excluding carboxylic acids is 1. The van der Waals surface area contributed by atoms with Crippen LogP contribution in [0.15, 0.2) is 36.4 Å². The Labute approximate surface area is 289 Å². The predicted octanol–water partition coefficient (Wildman–Crippen LogP) is 4.81. The Morgan fingerprint density at radius 3 is 2.16 bits per heavy atom. The monoisotopic (exact) mass is 831 g/mol. The smallest absolute Gasteiger partial charge is 0.321 e. The minimum absolute atomic E-state index is 0.189. The molecule has 2 fully saturated rings. The van der Waals surface area contributed by atoms with Crippen LogP contribution < -0.4 is 15.4 Å². The van der Waals surface area contributed by atoms with Crippen LogP contribution in [-0.4, -0.2) is 75.3 Å². The summed E-state index contributed by atoms with van der Waals surface area (Å²) in [5.41, 5.74) is 5.07. The fourth-order valence-electron chi connectivity index (χ4n) is 5.72. The molecule has 2 aliphatic heterocycles. The molecule has 1 amide bonds. The molecule has 0 spiro atoms. The topological polar surface area (TPSA) is 180 Å². The van der Waals surface area contributed by atoms with E-state index in [4.69, 9.17) is 17.3 Å². The van der Waals surface area contributed by atoms with Gasteiger partial charge in [0.1, 0.15) is 25.3 Å². The molecule has 18 heteroatoms. The van der Waals surface area contributed by atoms with Gasteiger partial charge in [-0.15, -0.1) is 11.3 Å². The number of aliphatic carboxylic acids is 1. The Kier molecular flexibility index (Phi) is 12.7. The highest BCUT2D eigenvalue weighted by atomic mass is 79.9. The van der Waals surface area contributed by atoms with Crippen molar-refractivity contribution >= 4 is 92.5 Å². The second kappa shape index (κ2) is 15.7. The Morgan fingerprint density at radius 2 is 1.64 bits per heavy atom. The first-order chi connectivity index (χ1) is 21.2. The summed E-state index contributed by atoms with van der Waals surface area (Å²) in [6, 6.07) is 1.47. The van der Waals surface area contributed by atoms with Gasteiger partial charge in [-0.3, -0.25) is 9.59 Å². The summed E-state index contributed by atoms with van der Waals surface area (Å²) in [6.07, 6.45) is 7.59. The highest BCUT2D eigenvalue weighted by Crippen LogP contribution is 2.37. The van der Waals surface area contributed by atoms with Crippen molar-refractivity contribution in [3.63, 3.8) is 0 Å². The van der Waals surface area contributed by atoms with E-state index in [2.05, 4.69) is 46.5 Å². The van der Waals surface area contributed by atoms with Crippen molar-refractivity contribution in [3.05, 3.63) is 31.6 Å². The zero-order valence-electron chi connectivity index (χ0n) is 24.3. The third-order valence-electron chi connectivity index (χ3n) is 8.31. The molecule has 0 aliphatic carbocycles. The number of carbonyl (C=O) groups is 2. The zero-order chi connectivity index (χ0) is 32.9. The maximum Gasteiger partial charge on any atom is 0.321 e. The molecule has 0 aromatic carbocycles. The van der Waals surface area contributed by atoms with Crippen molar-refractivity contribution in [2.75, 3.05) is 31.1 Å². The van der Waals surface area contributed by atoms with E-state index in [9.17, 15) is 31.5 Å². The number of aromatic nitrogens is 1. The minimum atomic E-state index is -4.21. The van der Waals surface area contributed by atoms with Crippen LogP contribution in [0.2, 0.25) is 4.34 Å². The van der Waals surface area contributed by atoms with Crippen molar-refractivity contribution in [2.45, 2.75) is 72.9 Å². The maximum absolute atomic E-state index is 13.0. The lowest BCUT2D eigenvalue weighted by Gasteiger charge is -2.34. The zero-order valence-corrected chi connectivity index (χ0v) is 30.7. The van der Waals surface area contributed by atoms with Gasteiger partial charge >= 0.3 is 5.97 Å². The van der Waals surface area contributed by atoms with E-state index in [1.807, 2.05) is 0 Å². The van der Waals surface area contributed by atoms with Crippen LogP contribution in [0.5, 0.6) is 0 Å². The molecule has 2 aromatic heterocycles. The summed E-state index contributed by atoms with van der Waals surface area (Å²) in [4.78, 5) is 28.8. The number of piperidine rings is 2. The van der Waals surface area contributed by atoms with Gasteiger partial charge in [0.2, 0.25) is 15.9 Å². The number of carboxylic acids is 1. The van der Waals surface area contributed by atoms with E-state index in [0.29, 0.717) is 44.0 Å². The van der Waals surface area contributed by atoms with E-state index >= 15 is 0 Å². The molecule has 45 heavy (non-hydrogen) atoms. The van der Waals surface area contributed by atoms with Crippen LogP contribution in [0.3, 0.4) is 0 Å². The molecule has 250 valence electrons. The maximum atomic E-state index is 13.0. The van der Waals surface area contributed by atoms with Gasteiger partial charge in [0.15, 0.2) is 0 Å². The van der Waals surface area contributed by atoms with Crippen LogP contribution in [-0.2, 0) is 29.6 Å². The molecule has 4 N–H and O–H groups in total. The summed E-state index contributed by atoms with van der Waals surface area (Å²) in [6.45, 7) is 2.58. The van der Waals surface area contributed by atoms with Crippen LogP contribution in [0, 0.1) is 11.8 Å². The average molecular weight is 834 g/mol. The second-order valence-corrected chi connectivity index (χ2v) is 18.6.